The van der Waals surface area contributed by atoms with Crippen LogP contribution in [0.1, 0.15) is 16.1 Å². The Kier molecular flexibility index (Phi) is 3.98. The Morgan fingerprint density at radius 3 is 2.52 bits per heavy atom. The molecule has 0 spiro atoms. The van der Waals surface area contributed by atoms with Gasteiger partial charge in [-0.3, -0.25) is 14.6 Å². The molecule has 0 aliphatic rings. The molecular weight excluding hydrogens is 278 g/mol. The van der Waals surface area contributed by atoms with E-state index in [9.17, 15) is 19.2 Å². The van der Waals surface area contributed by atoms with Crippen LogP contribution < -0.4 is 16.6 Å². The number of para-hydroxylation sites is 1. The Balaban J connectivity index is 2.17. The molecule has 21 heavy (non-hydrogen) atoms. The van der Waals surface area contributed by atoms with Crippen molar-refractivity contribution < 1.29 is 14.7 Å². The van der Waals surface area contributed by atoms with E-state index in [-0.39, 0.29) is 23.4 Å². The van der Waals surface area contributed by atoms with E-state index in [0.29, 0.717) is 0 Å². The highest BCUT2D eigenvalue weighted by Crippen LogP contribution is 2.14. The quantitative estimate of drug-likeness (QED) is 0.626. The van der Waals surface area contributed by atoms with Gasteiger partial charge in [-0.15, -0.1) is 0 Å². The predicted molar refractivity (Wildman–Crippen MR) is 73.4 cm³/mol. The van der Waals surface area contributed by atoms with Gasteiger partial charge in [0.15, 0.2) is 0 Å². The fourth-order valence-electron chi connectivity index (χ4n) is 1.76. The minimum absolute atomic E-state index is 0.0507. The molecule has 2 rings (SSSR count). The molecule has 108 valence electrons. The van der Waals surface area contributed by atoms with Gasteiger partial charge in [0.2, 0.25) is 5.91 Å². The van der Waals surface area contributed by atoms with E-state index < -0.39 is 23.1 Å². The maximum absolute atomic E-state index is 11.8. The van der Waals surface area contributed by atoms with Crippen LogP contribution >= 0.6 is 0 Å². The first kappa shape index (κ1) is 14.3. The van der Waals surface area contributed by atoms with Crippen LogP contribution in [0, 0.1) is 0 Å². The lowest BCUT2D eigenvalue weighted by Gasteiger charge is -2.07. The second-order valence-electron chi connectivity index (χ2n) is 4.19. The average Bonchev–Trinajstić information content (AvgIpc) is 2.37. The van der Waals surface area contributed by atoms with E-state index in [1.54, 1.807) is 6.07 Å². The largest absolute Gasteiger partial charge is 0.478 e. The van der Waals surface area contributed by atoms with Gasteiger partial charge in [0.05, 0.1) is 17.7 Å². The summed E-state index contributed by atoms with van der Waals surface area (Å²) >= 11 is 0. The number of rotatable bonds is 4. The zero-order valence-electron chi connectivity index (χ0n) is 10.7. The number of H-pyrrole nitrogens is 2. The summed E-state index contributed by atoms with van der Waals surface area (Å²) < 4.78 is 0. The molecule has 1 aromatic heterocycles. The van der Waals surface area contributed by atoms with Gasteiger partial charge in [0, 0.05) is 11.8 Å². The molecule has 0 aliphatic carbocycles. The molecule has 0 atom stereocenters. The van der Waals surface area contributed by atoms with Crippen molar-refractivity contribution in [3.8, 4) is 0 Å². The highest BCUT2D eigenvalue weighted by molar-refractivity contribution is 6.00. The van der Waals surface area contributed by atoms with Crippen LogP contribution in [0.4, 0.5) is 5.69 Å². The number of carboxylic acid groups (broad SMARTS) is 1. The molecule has 4 N–H and O–H groups in total. The van der Waals surface area contributed by atoms with Crippen molar-refractivity contribution in [1.29, 1.82) is 0 Å². The first-order valence-corrected chi connectivity index (χ1v) is 5.90. The van der Waals surface area contributed by atoms with Gasteiger partial charge in [0.1, 0.15) is 0 Å². The molecule has 2 aromatic rings. The molecule has 8 heteroatoms. The molecular formula is C13H11N3O5. The highest BCUT2D eigenvalue weighted by Gasteiger charge is 2.12. The van der Waals surface area contributed by atoms with Gasteiger partial charge < -0.3 is 15.4 Å². The number of aromatic amines is 2. The molecule has 8 nitrogen and oxygen atoms in total. The summed E-state index contributed by atoms with van der Waals surface area (Å²) in [7, 11) is 0. The number of benzene rings is 1. The minimum atomic E-state index is -1.17. The summed E-state index contributed by atoms with van der Waals surface area (Å²) in [6.45, 7) is 0. The third-order valence-corrected chi connectivity index (χ3v) is 2.60. The summed E-state index contributed by atoms with van der Waals surface area (Å²) in [6, 6.07) is 7.00. The molecule has 1 heterocycles. The molecule has 0 radical (unpaired) electrons. The third-order valence-electron chi connectivity index (χ3n) is 2.60. The average molecular weight is 289 g/mol. The van der Waals surface area contributed by atoms with Gasteiger partial charge in [-0.05, 0) is 12.1 Å². The molecule has 1 aromatic carbocycles. The number of aromatic nitrogens is 2. The second-order valence-corrected chi connectivity index (χ2v) is 4.19. The summed E-state index contributed by atoms with van der Waals surface area (Å²) in [6.07, 6.45) is -0.257. The fourth-order valence-corrected chi connectivity index (χ4v) is 1.76. The lowest BCUT2D eigenvalue weighted by atomic mass is 10.1. The number of hydrogen-bond acceptors (Lipinski definition) is 4. The maximum atomic E-state index is 11.8. The SMILES string of the molecule is O=C(Cc1cc(=O)[nH]c(=O)[nH]1)Nc1ccccc1C(=O)O. The summed E-state index contributed by atoms with van der Waals surface area (Å²) in [5.41, 5.74) is -1.11. The van der Waals surface area contributed by atoms with E-state index >= 15 is 0 Å². The van der Waals surface area contributed by atoms with Crippen molar-refractivity contribution in [2.24, 2.45) is 0 Å². The van der Waals surface area contributed by atoms with Crippen molar-refractivity contribution in [2.75, 3.05) is 5.32 Å². The van der Waals surface area contributed by atoms with Crippen molar-refractivity contribution >= 4 is 17.6 Å². The van der Waals surface area contributed by atoms with Crippen molar-refractivity contribution in [2.45, 2.75) is 6.42 Å². The Bertz CT molecular complexity index is 777. The smallest absolute Gasteiger partial charge is 0.337 e. The van der Waals surface area contributed by atoms with Crippen molar-refractivity contribution in [3.63, 3.8) is 0 Å². The molecule has 0 aliphatic heterocycles. The Morgan fingerprint density at radius 1 is 1.14 bits per heavy atom. The number of aromatic carboxylic acids is 1. The van der Waals surface area contributed by atoms with Gasteiger partial charge in [0.25, 0.3) is 5.56 Å². The number of amides is 1. The summed E-state index contributed by atoms with van der Waals surface area (Å²) in [5, 5.41) is 11.4. The van der Waals surface area contributed by atoms with E-state index in [0.717, 1.165) is 6.07 Å². The molecule has 0 saturated heterocycles. The van der Waals surface area contributed by atoms with Gasteiger partial charge in [-0.1, -0.05) is 12.1 Å². The monoisotopic (exact) mass is 289 g/mol. The van der Waals surface area contributed by atoms with E-state index in [1.165, 1.54) is 18.2 Å². The number of carboxylic acids is 1. The van der Waals surface area contributed by atoms with Crippen LogP contribution in [-0.2, 0) is 11.2 Å². The number of carbonyl (C=O) groups excluding carboxylic acids is 1. The van der Waals surface area contributed by atoms with Gasteiger partial charge in [-0.25, -0.2) is 9.59 Å². The lowest BCUT2D eigenvalue weighted by Crippen LogP contribution is -2.25. The molecule has 0 fully saturated rings. The number of carbonyl (C=O) groups is 2. The lowest BCUT2D eigenvalue weighted by molar-refractivity contribution is -0.115. The topological polar surface area (TPSA) is 132 Å². The van der Waals surface area contributed by atoms with Crippen LogP contribution in [0.3, 0.4) is 0 Å². The number of nitrogens with one attached hydrogen (secondary N) is 3. The first-order chi connectivity index (χ1) is 9.95. The Morgan fingerprint density at radius 2 is 1.86 bits per heavy atom. The number of hydrogen-bond donors (Lipinski definition) is 4. The third kappa shape index (κ3) is 3.66. The van der Waals surface area contributed by atoms with E-state index in [4.69, 9.17) is 5.11 Å². The normalized spacial score (nSPS) is 10.1. The van der Waals surface area contributed by atoms with Crippen molar-refractivity contribution in [1.82, 2.24) is 9.97 Å². The van der Waals surface area contributed by atoms with E-state index in [1.807, 2.05) is 4.98 Å². The Hall–Kier alpha value is -3.16. The molecule has 0 saturated carbocycles. The fraction of sp³-hybridized carbons (Fsp3) is 0.0769. The van der Waals surface area contributed by atoms with Crippen LogP contribution in [0.2, 0.25) is 0 Å². The Labute approximate surface area is 117 Å². The summed E-state index contributed by atoms with van der Waals surface area (Å²) in [5.74, 6) is -1.72. The number of anilines is 1. The van der Waals surface area contributed by atoms with Crippen LogP contribution in [0.15, 0.2) is 39.9 Å². The van der Waals surface area contributed by atoms with Crippen LogP contribution in [0.25, 0.3) is 0 Å². The van der Waals surface area contributed by atoms with Gasteiger partial charge in [-0.2, -0.15) is 0 Å². The molecule has 1 amide bonds. The van der Waals surface area contributed by atoms with Crippen molar-refractivity contribution in [3.05, 3.63) is 62.4 Å². The zero-order valence-corrected chi connectivity index (χ0v) is 10.7. The summed E-state index contributed by atoms with van der Waals surface area (Å²) in [4.78, 5) is 49.3. The standard InChI is InChI=1S/C13H11N3O5/c17-10(5-7-6-11(18)16-13(21)14-7)15-9-4-2-1-3-8(9)12(19)20/h1-4,6H,5H2,(H,15,17)(H,19,20)(H2,14,16,18,21). The zero-order chi connectivity index (χ0) is 15.4. The maximum Gasteiger partial charge on any atom is 0.337 e. The second kappa shape index (κ2) is 5.87. The molecule has 0 bridgehead atoms. The van der Waals surface area contributed by atoms with Crippen LogP contribution in [-0.4, -0.2) is 27.0 Å². The minimum Gasteiger partial charge on any atom is -0.478 e. The van der Waals surface area contributed by atoms with Gasteiger partial charge >= 0.3 is 11.7 Å². The van der Waals surface area contributed by atoms with E-state index in [2.05, 4.69) is 10.3 Å². The van der Waals surface area contributed by atoms with Crippen LogP contribution in [0.5, 0.6) is 0 Å². The predicted octanol–water partition coefficient (Wildman–Crippen LogP) is -0.0574. The first-order valence-electron chi connectivity index (χ1n) is 5.90. The highest BCUT2D eigenvalue weighted by atomic mass is 16.4. The molecule has 0 unspecified atom stereocenters.